The first-order valence-corrected chi connectivity index (χ1v) is 9.74. The number of para-hydroxylation sites is 1. The molecule has 0 saturated heterocycles. The van der Waals surface area contributed by atoms with Gasteiger partial charge in [-0.2, -0.15) is 5.10 Å². The molecule has 1 aliphatic rings. The molecule has 0 radical (unpaired) electrons. The predicted octanol–water partition coefficient (Wildman–Crippen LogP) is 3.62. The van der Waals surface area contributed by atoms with E-state index < -0.39 is 5.60 Å². The quantitative estimate of drug-likeness (QED) is 0.636. The molecule has 2 heterocycles. The van der Waals surface area contributed by atoms with Crippen molar-refractivity contribution in [3.63, 3.8) is 0 Å². The molecule has 2 aromatic heterocycles. The Kier molecular flexibility index (Phi) is 5.19. The van der Waals surface area contributed by atoms with Crippen LogP contribution >= 0.6 is 0 Å². The number of carbonyl (C=O) groups excluding carboxylic acids is 1. The van der Waals surface area contributed by atoms with Crippen molar-refractivity contribution >= 4 is 28.5 Å². The highest BCUT2D eigenvalue weighted by atomic mass is 16.6. The van der Waals surface area contributed by atoms with Crippen molar-refractivity contribution in [1.29, 1.82) is 0 Å². The van der Waals surface area contributed by atoms with Gasteiger partial charge in [-0.05, 0) is 44.7 Å². The largest absolute Gasteiger partial charge is 0.467 e. The second-order valence-electron chi connectivity index (χ2n) is 7.47. The molecule has 2 N–H and O–H groups in total. The Balaban J connectivity index is 1.64. The molecule has 0 atom stereocenters. The van der Waals surface area contributed by atoms with E-state index in [9.17, 15) is 4.79 Å². The second-order valence-corrected chi connectivity index (χ2v) is 7.47. The number of hydrogen-bond donors (Lipinski definition) is 2. The number of aromatic amines is 1. The Hall–Kier alpha value is -3.00. The zero-order valence-electron chi connectivity index (χ0n) is 16.9. The first kappa shape index (κ1) is 19.3. The van der Waals surface area contributed by atoms with E-state index in [1.165, 1.54) is 7.11 Å². The van der Waals surface area contributed by atoms with Gasteiger partial charge in [0.2, 0.25) is 0 Å². The second kappa shape index (κ2) is 7.79. The van der Waals surface area contributed by atoms with E-state index in [-0.39, 0.29) is 11.9 Å². The Bertz CT molecular complexity index is 1020. The molecule has 29 heavy (non-hydrogen) atoms. The normalized spacial score (nSPS) is 21.8. The first-order valence-electron chi connectivity index (χ1n) is 9.74. The van der Waals surface area contributed by atoms with Crippen LogP contribution in [0.3, 0.4) is 0 Å². The van der Waals surface area contributed by atoms with E-state index >= 15 is 0 Å². The van der Waals surface area contributed by atoms with Gasteiger partial charge in [0.05, 0.1) is 12.6 Å². The van der Waals surface area contributed by atoms with Crippen molar-refractivity contribution in [3.8, 4) is 0 Å². The number of benzene rings is 1. The minimum atomic E-state index is -0.865. The lowest BCUT2D eigenvalue weighted by Gasteiger charge is -2.36. The Morgan fingerprint density at radius 2 is 1.97 bits per heavy atom. The summed E-state index contributed by atoms with van der Waals surface area (Å²) in [7, 11) is 2.97. The van der Waals surface area contributed by atoms with Crippen LogP contribution in [0.15, 0.2) is 30.3 Å². The summed E-state index contributed by atoms with van der Waals surface area (Å²) in [6.07, 6.45) is 2.67. The number of anilines is 2. The molecule has 0 bridgehead atoms. The standard InChI is InChI=1S/C21H25N5O3/c1-13-12-17(26-25-13)23-19-15-6-4-5-7-16(15)22-18(24-19)14-8-10-21(29-3,11-9-14)20(27)28-2/h4-7,12,14H,8-11H2,1-3H3,(H2,22,23,24,25,26). The average Bonchev–Trinajstić information content (AvgIpc) is 3.17. The van der Waals surface area contributed by atoms with Gasteiger partial charge in [-0.1, -0.05) is 12.1 Å². The fraction of sp³-hybridized carbons (Fsp3) is 0.429. The molecule has 0 spiro atoms. The van der Waals surface area contributed by atoms with Crippen LogP contribution in [0.5, 0.6) is 0 Å². The van der Waals surface area contributed by atoms with E-state index in [1.807, 2.05) is 37.3 Å². The van der Waals surface area contributed by atoms with Crippen molar-refractivity contribution in [1.82, 2.24) is 20.2 Å². The molecule has 8 nitrogen and oxygen atoms in total. The minimum Gasteiger partial charge on any atom is -0.467 e. The summed E-state index contributed by atoms with van der Waals surface area (Å²) in [5.74, 6) is 2.05. The Morgan fingerprint density at radius 3 is 2.62 bits per heavy atom. The molecule has 3 aromatic rings. The molecule has 4 rings (SSSR count). The topological polar surface area (TPSA) is 102 Å². The van der Waals surface area contributed by atoms with E-state index in [2.05, 4.69) is 15.5 Å². The summed E-state index contributed by atoms with van der Waals surface area (Å²) in [6.45, 7) is 1.95. The summed E-state index contributed by atoms with van der Waals surface area (Å²) in [4.78, 5) is 21.8. The van der Waals surface area contributed by atoms with Crippen LogP contribution < -0.4 is 5.32 Å². The molecule has 1 saturated carbocycles. The lowest BCUT2D eigenvalue weighted by molar-refractivity contribution is -0.170. The third-order valence-corrected chi connectivity index (χ3v) is 5.68. The molecule has 1 aliphatic carbocycles. The van der Waals surface area contributed by atoms with Crippen LogP contribution in [-0.2, 0) is 14.3 Å². The van der Waals surface area contributed by atoms with Gasteiger partial charge in [0, 0.05) is 30.2 Å². The van der Waals surface area contributed by atoms with E-state index in [0.29, 0.717) is 18.7 Å². The van der Waals surface area contributed by atoms with E-state index in [4.69, 9.17) is 19.4 Å². The Morgan fingerprint density at radius 1 is 1.21 bits per heavy atom. The van der Waals surface area contributed by atoms with Crippen LogP contribution in [-0.4, -0.2) is 46.0 Å². The molecular weight excluding hydrogens is 370 g/mol. The fourth-order valence-corrected chi connectivity index (χ4v) is 4.00. The maximum Gasteiger partial charge on any atom is 0.338 e. The highest BCUT2D eigenvalue weighted by molar-refractivity contribution is 5.90. The van der Waals surface area contributed by atoms with Gasteiger partial charge in [0.15, 0.2) is 11.4 Å². The molecule has 1 fully saturated rings. The number of esters is 1. The van der Waals surface area contributed by atoms with Gasteiger partial charge in [-0.3, -0.25) is 5.10 Å². The van der Waals surface area contributed by atoms with E-state index in [0.717, 1.165) is 41.1 Å². The number of methoxy groups -OCH3 is 2. The Labute approximate surface area is 169 Å². The SMILES string of the molecule is COC(=O)C1(OC)CCC(c2nc(Nc3cc(C)[nH]n3)c3ccccc3n2)CC1. The lowest BCUT2D eigenvalue weighted by atomic mass is 9.78. The highest BCUT2D eigenvalue weighted by Gasteiger charge is 2.44. The van der Waals surface area contributed by atoms with Gasteiger partial charge in [-0.15, -0.1) is 0 Å². The van der Waals surface area contributed by atoms with Crippen LogP contribution in [0.2, 0.25) is 0 Å². The lowest BCUT2D eigenvalue weighted by Crippen LogP contribution is -2.44. The van der Waals surface area contributed by atoms with Crippen LogP contribution in [0.4, 0.5) is 11.6 Å². The number of hydrogen-bond acceptors (Lipinski definition) is 7. The summed E-state index contributed by atoms with van der Waals surface area (Å²) in [5.41, 5.74) is 0.983. The minimum absolute atomic E-state index is 0.147. The predicted molar refractivity (Wildman–Crippen MR) is 109 cm³/mol. The molecule has 152 valence electrons. The van der Waals surface area contributed by atoms with Crippen molar-refractivity contribution in [3.05, 3.63) is 41.9 Å². The van der Waals surface area contributed by atoms with E-state index in [1.54, 1.807) is 7.11 Å². The molecule has 1 aromatic carbocycles. The van der Waals surface area contributed by atoms with Crippen LogP contribution in [0.25, 0.3) is 10.9 Å². The molecule has 0 amide bonds. The zero-order valence-corrected chi connectivity index (χ0v) is 16.9. The van der Waals surface area contributed by atoms with Gasteiger partial charge >= 0.3 is 5.97 Å². The van der Waals surface area contributed by atoms with Gasteiger partial charge < -0.3 is 14.8 Å². The van der Waals surface area contributed by atoms with Gasteiger partial charge in [-0.25, -0.2) is 14.8 Å². The maximum absolute atomic E-state index is 12.2. The third kappa shape index (κ3) is 3.67. The van der Waals surface area contributed by atoms with Crippen molar-refractivity contribution < 1.29 is 14.3 Å². The van der Waals surface area contributed by atoms with Gasteiger partial charge in [0.1, 0.15) is 11.6 Å². The number of ether oxygens (including phenoxy) is 2. The fourth-order valence-electron chi connectivity index (χ4n) is 4.00. The number of carbonyl (C=O) groups is 1. The average molecular weight is 395 g/mol. The summed E-state index contributed by atoms with van der Waals surface area (Å²) in [6, 6.07) is 9.85. The summed E-state index contributed by atoms with van der Waals surface area (Å²) < 4.78 is 10.5. The number of aryl methyl sites for hydroxylation is 1. The van der Waals surface area contributed by atoms with Crippen LogP contribution in [0.1, 0.15) is 43.1 Å². The maximum atomic E-state index is 12.2. The summed E-state index contributed by atoms with van der Waals surface area (Å²) in [5, 5.41) is 11.4. The molecule has 8 heteroatoms. The monoisotopic (exact) mass is 395 g/mol. The third-order valence-electron chi connectivity index (χ3n) is 5.68. The number of H-pyrrole nitrogens is 1. The van der Waals surface area contributed by atoms with Crippen molar-refractivity contribution in [2.24, 2.45) is 0 Å². The van der Waals surface area contributed by atoms with Crippen LogP contribution in [0, 0.1) is 6.92 Å². The number of fused-ring (bicyclic) bond motifs is 1. The smallest absolute Gasteiger partial charge is 0.338 e. The highest BCUT2D eigenvalue weighted by Crippen LogP contribution is 2.40. The van der Waals surface area contributed by atoms with Crippen molar-refractivity contribution in [2.45, 2.75) is 44.1 Å². The van der Waals surface area contributed by atoms with Gasteiger partial charge in [0.25, 0.3) is 0 Å². The molecule has 0 unspecified atom stereocenters. The molecule has 0 aliphatic heterocycles. The number of nitrogens with one attached hydrogen (secondary N) is 2. The zero-order chi connectivity index (χ0) is 20.4. The summed E-state index contributed by atoms with van der Waals surface area (Å²) >= 11 is 0. The number of aromatic nitrogens is 4. The molecular formula is C21H25N5O3. The first-order chi connectivity index (χ1) is 14.0. The van der Waals surface area contributed by atoms with Crippen molar-refractivity contribution in [2.75, 3.05) is 19.5 Å². The number of rotatable bonds is 5. The number of nitrogens with zero attached hydrogens (tertiary/aromatic N) is 3.